The minimum atomic E-state index is -0.150. The van der Waals surface area contributed by atoms with E-state index in [2.05, 4.69) is 25.9 Å². The Labute approximate surface area is 99.8 Å². The van der Waals surface area contributed by atoms with Crippen LogP contribution in [0.15, 0.2) is 10.7 Å². The van der Waals surface area contributed by atoms with Crippen LogP contribution in [0.5, 0.6) is 0 Å². The van der Waals surface area contributed by atoms with Gasteiger partial charge in [0.25, 0.3) is 0 Å². The van der Waals surface area contributed by atoms with E-state index in [1.165, 1.54) is 11.1 Å². The quantitative estimate of drug-likeness (QED) is 0.782. The lowest BCUT2D eigenvalue weighted by molar-refractivity contribution is -0.117. The van der Waals surface area contributed by atoms with Crippen LogP contribution in [-0.2, 0) is 4.79 Å². The molecule has 1 aliphatic heterocycles. The number of halogens is 2. The van der Waals surface area contributed by atoms with Gasteiger partial charge in [0.2, 0.25) is 11.9 Å². The number of nitrogens with zero attached hydrogens (tertiary/aromatic N) is 3. The zero-order valence-electron chi connectivity index (χ0n) is 7.65. The van der Waals surface area contributed by atoms with Crippen molar-refractivity contribution >= 4 is 39.4 Å². The number of carbonyl (C=O) groups is 1. The largest absolute Gasteiger partial charge is 0.326 e. The lowest BCUT2D eigenvalue weighted by Gasteiger charge is -2.13. The molecule has 1 aromatic rings. The van der Waals surface area contributed by atoms with Gasteiger partial charge in [-0.25, -0.2) is 4.98 Å². The van der Waals surface area contributed by atoms with E-state index in [9.17, 15) is 4.79 Å². The molecule has 5 nitrogen and oxygen atoms in total. The van der Waals surface area contributed by atoms with Crippen molar-refractivity contribution in [2.75, 3.05) is 11.4 Å². The van der Waals surface area contributed by atoms with E-state index in [4.69, 9.17) is 17.3 Å². The smallest absolute Gasteiger partial charge is 0.233 e. The second-order valence-corrected chi connectivity index (χ2v) is 4.49. The third-order valence-electron chi connectivity index (χ3n) is 2.08. The Morgan fingerprint density at radius 1 is 1.67 bits per heavy atom. The van der Waals surface area contributed by atoms with Gasteiger partial charge in [-0.2, -0.15) is 4.98 Å². The summed E-state index contributed by atoms with van der Waals surface area (Å²) in [5.41, 5.74) is 5.66. The highest BCUT2D eigenvalue weighted by Gasteiger charge is 2.30. The molecule has 7 heteroatoms. The molecule has 0 radical (unpaired) electrons. The van der Waals surface area contributed by atoms with Crippen molar-refractivity contribution in [3.8, 4) is 0 Å². The first-order valence-electron chi connectivity index (χ1n) is 4.32. The van der Waals surface area contributed by atoms with Gasteiger partial charge in [-0.1, -0.05) is 11.6 Å². The number of rotatable bonds is 1. The molecule has 2 heterocycles. The molecule has 1 amide bonds. The Balaban J connectivity index is 2.30. The zero-order valence-corrected chi connectivity index (χ0v) is 9.99. The van der Waals surface area contributed by atoms with Crippen molar-refractivity contribution in [2.24, 2.45) is 5.73 Å². The van der Waals surface area contributed by atoms with Crippen LogP contribution in [0.1, 0.15) is 6.42 Å². The highest BCUT2D eigenvalue weighted by atomic mass is 79.9. The summed E-state index contributed by atoms with van der Waals surface area (Å²) in [6.45, 7) is 0.441. The lowest BCUT2D eigenvalue weighted by Crippen LogP contribution is -2.29. The molecule has 0 spiro atoms. The van der Waals surface area contributed by atoms with Crippen molar-refractivity contribution in [2.45, 2.75) is 12.5 Å². The Bertz CT molecular complexity index is 414. The van der Waals surface area contributed by atoms with Crippen LogP contribution >= 0.6 is 27.5 Å². The molecule has 1 aromatic heterocycles. The topological polar surface area (TPSA) is 72.1 Å². The predicted octanol–water partition coefficient (Wildman–Crippen LogP) is 0.956. The normalized spacial score (nSPS) is 21.1. The predicted molar refractivity (Wildman–Crippen MR) is 59.7 cm³/mol. The Kier molecular flexibility index (Phi) is 2.90. The summed E-state index contributed by atoms with van der Waals surface area (Å²) in [6.07, 6.45) is 1.85. The van der Waals surface area contributed by atoms with E-state index < -0.39 is 0 Å². The maximum atomic E-state index is 11.5. The monoisotopic (exact) mass is 290 g/mol. The Hall–Kier alpha value is -0.720. The zero-order chi connectivity index (χ0) is 11.0. The van der Waals surface area contributed by atoms with Crippen LogP contribution < -0.4 is 10.6 Å². The Morgan fingerprint density at radius 3 is 2.93 bits per heavy atom. The van der Waals surface area contributed by atoms with E-state index in [-0.39, 0.29) is 17.1 Å². The third-order valence-corrected chi connectivity index (χ3v) is 3.18. The number of nitrogens with two attached hydrogens (primary N) is 1. The summed E-state index contributed by atoms with van der Waals surface area (Å²) in [6, 6.07) is -0.150. The summed E-state index contributed by atoms with van der Waals surface area (Å²) in [5, 5.41) is 0.285. The molecule has 15 heavy (non-hydrogen) atoms. The highest BCUT2D eigenvalue weighted by Crippen LogP contribution is 2.23. The molecule has 1 saturated heterocycles. The maximum Gasteiger partial charge on any atom is 0.233 e. The molecule has 0 bridgehead atoms. The molecule has 2 rings (SSSR count). The summed E-state index contributed by atoms with van der Waals surface area (Å²) in [4.78, 5) is 20.9. The van der Waals surface area contributed by atoms with Crippen LogP contribution in [0.25, 0.3) is 0 Å². The van der Waals surface area contributed by atoms with E-state index in [1.54, 1.807) is 0 Å². The van der Waals surface area contributed by atoms with Crippen LogP contribution in [0.4, 0.5) is 5.95 Å². The fourth-order valence-electron chi connectivity index (χ4n) is 1.40. The van der Waals surface area contributed by atoms with Crippen molar-refractivity contribution in [3.05, 3.63) is 15.8 Å². The van der Waals surface area contributed by atoms with Crippen molar-refractivity contribution < 1.29 is 4.79 Å². The van der Waals surface area contributed by atoms with Gasteiger partial charge in [0.1, 0.15) is 5.15 Å². The van der Waals surface area contributed by atoms with Crippen molar-refractivity contribution in [3.63, 3.8) is 0 Å². The van der Waals surface area contributed by atoms with Crippen molar-refractivity contribution in [1.82, 2.24) is 9.97 Å². The highest BCUT2D eigenvalue weighted by molar-refractivity contribution is 9.10. The molecule has 80 valence electrons. The second kappa shape index (κ2) is 4.03. The molecule has 1 atom stereocenters. The summed E-state index contributed by atoms with van der Waals surface area (Å²) in [7, 11) is 0. The SMILES string of the molecule is NC1CC(=O)N(c2ncc(Br)c(Cl)n2)C1. The summed E-state index contributed by atoms with van der Waals surface area (Å²) >= 11 is 8.99. The first kappa shape index (κ1) is 10.8. The second-order valence-electron chi connectivity index (χ2n) is 3.28. The molecular weight excluding hydrogens is 283 g/mol. The molecule has 0 aliphatic carbocycles. The molecular formula is C8H8BrClN4O. The molecule has 2 N–H and O–H groups in total. The Morgan fingerprint density at radius 2 is 2.40 bits per heavy atom. The van der Waals surface area contributed by atoms with E-state index in [1.807, 2.05) is 0 Å². The minimum absolute atomic E-state index is 0.0686. The number of hydrogen-bond donors (Lipinski definition) is 1. The van der Waals surface area contributed by atoms with E-state index in [0.29, 0.717) is 23.4 Å². The van der Waals surface area contributed by atoms with Gasteiger partial charge >= 0.3 is 0 Å². The van der Waals surface area contributed by atoms with Gasteiger partial charge in [-0.15, -0.1) is 0 Å². The van der Waals surface area contributed by atoms with E-state index in [0.717, 1.165) is 0 Å². The van der Waals surface area contributed by atoms with Gasteiger partial charge < -0.3 is 5.73 Å². The molecule has 1 unspecified atom stereocenters. The van der Waals surface area contributed by atoms with Crippen LogP contribution in [0.2, 0.25) is 5.15 Å². The summed E-state index contributed by atoms with van der Waals surface area (Å²) < 4.78 is 0.601. The maximum absolute atomic E-state index is 11.5. The van der Waals surface area contributed by atoms with E-state index >= 15 is 0 Å². The number of aromatic nitrogens is 2. The number of amides is 1. The molecule has 1 fully saturated rings. The molecule has 1 aliphatic rings. The van der Waals surface area contributed by atoms with Gasteiger partial charge in [0, 0.05) is 25.2 Å². The molecule has 0 aromatic carbocycles. The van der Waals surface area contributed by atoms with Crippen LogP contribution in [0.3, 0.4) is 0 Å². The third kappa shape index (κ3) is 2.11. The van der Waals surface area contributed by atoms with Gasteiger partial charge in [-0.05, 0) is 15.9 Å². The average Bonchev–Trinajstić information content (AvgIpc) is 2.50. The number of anilines is 1. The average molecular weight is 292 g/mol. The summed E-state index contributed by atoms with van der Waals surface area (Å²) in [5.74, 6) is 0.238. The van der Waals surface area contributed by atoms with Gasteiger partial charge in [0.15, 0.2) is 0 Å². The van der Waals surface area contributed by atoms with Crippen LogP contribution in [0, 0.1) is 0 Å². The number of hydrogen-bond acceptors (Lipinski definition) is 4. The van der Waals surface area contributed by atoms with Gasteiger partial charge in [0.05, 0.1) is 4.47 Å². The fraction of sp³-hybridized carbons (Fsp3) is 0.375. The van der Waals surface area contributed by atoms with Gasteiger partial charge in [-0.3, -0.25) is 9.69 Å². The van der Waals surface area contributed by atoms with Crippen LogP contribution in [-0.4, -0.2) is 28.5 Å². The number of carbonyl (C=O) groups excluding carboxylic acids is 1. The molecule has 0 saturated carbocycles. The standard InChI is InChI=1S/C8H8BrClN4O/c9-5-2-12-8(13-7(5)10)14-3-4(11)1-6(14)15/h2,4H,1,3,11H2. The first-order chi connectivity index (χ1) is 7.08. The fourth-order valence-corrected chi connectivity index (χ4v) is 1.71. The van der Waals surface area contributed by atoms with Crippen molar-refractivity contribution in [1.29, 1.82) is 0 Å². The minimum Gasteiger partial charge on any atom is -0.326 e. The lowest BCUT2D eigenvalue weighted by atomic mass is 10.3. The first-order valence-corrected chi connectivity index (χ1v) is 5.49.